The van der Waals surface area contributed by atoms with Crippen molar-refractivity contribution in [2.24, 2.45) is 0 Å². The molecule has 11 nitrogen and oxygen atoms in total. The Labute approximate surface area is 368 Å². The third-order valence-electron chi connectivity index (χ3n) is 10.8. The second-order valence-electron chi connectivity index (χ2n) is 14.9. The van der Waals surface area contributed by atoms with Gasteiger partial charge in [-0.25, -0.2) is 27.4 Å². The highest BCUT2D eigenvalue weighted by atomic mass is 19.1. The number of anilines is 1. The maximum absolute atomic E-state index is 14.3. The quantitative estimate of drug-likeness (QED) is 0.0689. The van der Waals surface area contributed by atoms with Crippen LogP contribution in [0.1, 0.15) is 55.4 Å². The molecule has 0 fully saturated rings. The van der Waals surface area contributed by atoms with Gasteiger partial charge in [-0.15, -0.1) is 5.10 Å². The molecule has 1 unspecified atom stereocenters. The molecule has 14 heteroatoms. The highest BCUT2D eigenvalue weighted by Gasteiger charge is 2.42. The van der Waals surface area contributed by atoms with Gasteiger partial charge in [0, 0.05) is 30.7 Å². The fraction of sp³-hybridized carbons (Fsp3) is 0.200. The van der Waals surface area contributed by atoms with Gasteiger partial charge in [0.15, 0.2) is 17.5 Å². The van der Waals surface area contributed by atoms with E-state index in [-0.39, 0.29) is 25.5 Å². The molecule has 1 aromatic heterocycles. The Hall–Kier alpha value is -7.61. The van der Waals surface area contributed by atoms with Gasteiger partial charge in [-0.2, -0.15) is 0 Å². The fourth-order valence-electron chi connectivity index (χ4n) is 7.81. The molecule has 64 heavy (non-hydrogen) atoms. The lowest BCUT2D eigenvalue weighted by Gasteiger charge is -2.36. The first-order valence-electron chi connectivity index (χ1n) is 20.9. The Morgan fingerprint density at radius 2 is 1.28 bits per heavy atom. The van der Waals surface area contributed by atoms with E-state index in [4.69, 9.17) is 9.95 Å². The van der Waals surface area contributed by atoms with Crippen molar-refractivity contribution in [2.45, 2.75) is 51.2 Å². The second-order valence-corrected chi connectivity index (χ2v) is 14.9. The Bertz CT molecular complexity index is 2560. The molecule has 0 aliphatic rings. The summed E-state index contributed by atoms with van der Waals surface area (Å²) in [5.41, 5.74) is 4.09. The topological polar surface area (TPSA) is 131 Å². The predicted octanol–water partition coefficient (Wildman–Crippen LogP) is 9.54. The highest BCUT2D eigenvalue weighted by Crippen LogP contribution is 2.43. The summed E-state index contributed by atoms with van der Waals surface area (Å²) in [4.78, 5) is 41.5. The Morgan fingerprint density at radius 3 is 1.83 bits per heavy atom. The van der Waals surface area contributed by atoms with E-state index in [1.54, 1.807) is 6.92 Å². The van der Waals surface area contributed by atoms with Crippen molar-refractivity contribution in [1.29, 1.82) is 0 Å². The molecule has 0 saturated heterocycles. The number of urea groups is 1. The predicted molar refractivity (Wildman–Crippen MR) is 237 cm³/mol. The Kier molecular flexibility index (Phi) is 14.2. The Morgan fingerprint density at radius 1 is 0.734 bits per heavy atom. The number of aromatic nitrogens is 4. The van der Waals surface area contributed by atoms with Crippen LogP contribution in [0.5, 0.6) is 0 Å². The number of nitrogens with one attached hydrogen (secondary N) is 2. The molecule has 0 radical (unpaired) electrons. The van der Waals surface area contributed by atoms with Crippen LogP contribution >= 0.6 is 0 Å². The van der Waals surface area contributed by atoms with E-state index in [2.05, 4.69) is 52.0 Å². The standard InChI is InChI=1S/C50H46F3N7O4/c1-3-5-25-45(61)59(44(48(62)64-4-2)32-54-49(63)55-46-42(52)30-39(51)31-43(46)53)33-34-26-28-35(29-27-34)40-23-15-16-24-41(40)47-56-57-58-60(47)50(36-17-9-6-10-18-36,37-19-11-7-12-20-37)38-21-13-8-14-22-38/h6-24,26-31,44H,3-5,25,32-33H2,1-2H3,(H2,54,55,63). The van der Waals surface area contributed by atoms with Gasteiger partial charge < -0.3 is 20.3 Å². The van der Waals surface area contributed by atoms with Gasteiger partial charge in [-0.3, -0.25) is 4.79 Å². The zero-order chi connectivity index (χ0) is 45.1. The summed E-state index contributed by atoms with van der Waals surface area (Å²) in [7, 11) is 0. The molecule has 3 amide bonds. The number of amides is 3. The van der Waals surface area contributed by atoms with E-state index >= 15 is 0 Å². The van der Waals surface area contributed by atoms with Crippen molar-refractivity contribution < 1.29 is 32.3 Å². The number of rotatable bonds is 17. The second kappa shape index (κ2) is 20.5. The van der Waals surface area contributed by atoms with Crippen molar-refractivity contribution in [3.63, 3.8) is 0 Å². The van der Waals surface area contributed by atoms with E-state index in [0.29, 0.717) is 36.4 Å². The SMILES string of the molecule is CCCCC(=O)N(Cc1ccc(-c2ccccc2-c2nnnn2C(c2ccccc2)(c2ccccc2)c2ccccc2)cc1)C(CNC(=O)Nc1c(F)cc(F)cc1F)C(=O)OCC. The molecule has 6 aromatic carbocycles. The number of halogens is 3. The number of tetrazole rings is 1. The van der Waals surface area contributed by atoms with Gasteiger partial charge in [0.1, 0.15) is 23.1 Å². The molecular formula is C50H46F3N7O4. The average Bonchev–Trinajstić information content (AvgIpc) is 3.81. The number of esters is 1. The minimum Gasteiger partial charge on any atom is -0.464 e. The number of hydrogen-bond acceptors (Lipinski definition) is 7. The van der Waals surface area contributed by atoms with E-state index in [0.717, 1.165) is 33.4 Å². The first-order valence-corrected chi connectivity index (χ1v) is 20.9. The number of unbranched alkanes of at least 4 members (excludes halogenated alkanes) is 1. The lowest BCUT2D eigenvalue weighted by Crippen LogP contribution is -2.52. The molecule has 7 rings (SSSR count). The maximum atomic E-state index is 14.3. The van der Waals surface area contributed by atoms with Crippen molar-refractivity contribution in [3.8, 4) is 22.5 Å². The zero-order valence-corrected chi connectivity index (χ0v) is 35.3. The lowest BCUT2D eigenvalue weighted by molar-refractivity contribution is -0.155. The average molecular weight is 866 g/mol. The van der Waals surface area contributed by atoms with Crippen molar-refractivity contribution in [3.05, 3.63) is 191 Å². The summed E-state index contributed by atoms with van der Waals surface area (Å²) in [6, 6.07) is 44.1. The number of carbonyl (C=O) groups excluding carboxylic acids is 3. The summed E-state index contributed by atoms with van der Waals surface area (Å²) in [6.07, 6.45) is 1.36. The Balaban J connectivity index is 1.22. The van der Waals surface area contributed by atoms with Gasteiger partial charge >= 0.3 is 12.0 Å². The summed E-state index contributed by atoms with van der Waals surface area (Å²) in [5, 5.41) is 18.1. The molecular weight excluding hydrogens is 820 g/mol. The van der Waals surface area contributed by atoms with Gasteiger partial charge in [0.05, 0.1) is 13.2 Å². The maximum Gasteiger partial charge on any atom is 0.330 e. The molecule has 0 spiro atoms. The number of benzene rings is 6. The summed E-state index contributed by atoms with van der Waals surface area (Å²) >= 11 is 0. The van der Waals surface area contributed by atoms with E-state index in [1.165, 1.54) is 4.90 Å². The van der Waals surface area contributed by atoms with Crippen LogP contribution in [0.4, 0.5) is 23.7 Å². The number of ether oxygens (including phenoxy) is 1. The first-order chi connectivity index (χ1) is 31.1. The zero-order valence-electron chi connectivity index (χ0n) is 35.3. The third kappa shape index (κ3) is 9.55. The molecule has 1 atom stereocenters. The van der Waals surface area contributed by atoms with E-state index < -0.39 is 53.3 Å². The van der Waals surface area contributed by atoms with Crippen LogP contribution in [0.3, 0.4) is 0 Å². The van der Waals surface area contributed by atoms with Crippen LogP contribution in [0.15, 0.2) is 152 Å². The van der Waals surface area contributed by atoms with Crippen molar-refractivity contribution >= 4 is 23.6 Å². The molecule has 1 heterocycles. The first kappa shape index (κ1) is 44.4. The van der Waals surface area contributed by atoms with Crippen molar-refractivity contribution in [1.82, 2.24) is 30.4 Å². The molecule has 7 aromatic rings. The minimum absolute atomic E-state index is 0.00885. The van der Waals surface area contributed by atoms with Gasteiger partial charge in [0.2, 0.25) is 5.91 Å². The third-order valence-corrected chi connectivity index (χ3v) is 10.8. The van der Waals surface area contributed by atoms with Crippen LogP contribution in [0.2, 0.25) is 0 Å². The van der Waals surface area contributed by atoms with Crippen LogP contribution in [-0.4, -0.2) is 62.2 Å². The molecule has 0 bridgehead atoms. The smallest absolute Gasteiger partial charge is 0.330 e. The van der Waals surface area contributed by atoms with Crippen molar-refractivity contribution in [2.75, 3.05) is 18.5 Å². The summed E-state index contributed by atoms with van der Waals surface area (Å²) in [5.74, 6) is -4.44. The van der Waals surface area contributed by atoms with E-state index in [9.17, 15) is 27.6 Å². The van der Waals surface area contributed by atoms with Crippen LogP contribution in [-0.2, 0) is 26.4 Å². The molecule has 0 saturated carbocycles. The summed E-state index contributed by atoms with van der Waals surface area (Å²) in [6.45, 7) is 3.04. The van der Waals surface area contributed by atoms with Crippen LogP contribution in [0, 0.1) is 17.5 Å². The normalized spacial score (nSPS) is 11.7. The molecule has 0 aliphatic heterocycles. The monoisotopic (exact) mass is 865 g/mol. The van der Waals surface area contributed by atoms with Crippen LogP contribution in [0.25, 0.3) is 22.5 Å². The van der Waals surface area contributed by atoms with Crippen LogP contribution < -0.4 is 10.6 Å². The van der Waals surface area contributed by atoms with E-state index in [1.807, 2.05) is 120 Å². The number of nitrogens with zero attached hydrogens (tertiary/aromatic N) is 5. The lowest BCUT2D eigenvalue weighted by atomic mass is 9.77. The van der Waals surface area contributed by atoms with Gasteiger partial charge in [0.25, 0.3) is 0 Å². The fourth-order valence-corrected chi connectivity index (χ4v) is 7.81. The minimum atomic E-state index is -1.32. The molecule has 326 valence electrons. The highest BCUT2D eigenvalue weighted by molar-refractivity contribution is 5.91. The van der Waals surface area contributed by atoms with Gasteiger partial charge in [-0.1, -0.05) is 153 Å². The van der Waals surface area contributed by atoms with Gasteiger partial charge in [-0.05, 0) is 57.2 Å². The molecule has 2 N–H and O–H groups in total. The largest absolute Gasteiger partial charge is 0.464 e. The number of hydrogen-bond donors (Lipinski definition) is 2. The summed E-state index contributed by atoms with van der Waals surface area (Å²) < 4.78 is 49.3. The molecule has 0 aliphatic carbocycles. The number of carbonyl (C=O) groups is 3.